The first-order chi connectivity index (χ1) is 12.5. The number of rotatable bonds is 6. The Morgan fingerprint density at radius 3 is 2.31 bits per heavy atom. The number of methoxy groups -OCH3 is 2. The second-order valence-electron chi connectivity index (χ2n) is 7.43. The normalized spacial score (nSPS) is 20.2. The Hall–Kier alpha value is -1.64. The summed E-state index contributed by atoms with van der Waals surface area (Å²) in [5.74, 6) is 1.39. The number of ether oxygens (including phenoxy) is 3. The van der Waals surface area contributed by atoms with E-state index >= 15 is 0 Å². The molecule has 1 aromatic heterocycles. The van der Waals surface area contributed by atoms with Crippen LogP contribution in [0.5, 0.6) is 11.9 Å². The lowest BCUT2D eigenvalue weighted by atomic mass is 10.0. The van der Waals surface area contributed by atoms with Crippen molar-refractivity contribution in [1.29, 1.82) is 0 Å². The lowest BCUT2D eigenvalue weighted by Gasteiger charge is -2.45. The standard InChI is InChI=1S/C18H31N5O3/c1-18(2,23-9-11-26-12-10-23)14-21-5-7-22(8-6-21)15-13-16(24-3)20-17(19-15)25-4/h13H,5-12,14H2,1-4H3. The summed E-state index contributed by atoms with van der Waals surface area (Å²) in [4.78, 5) is 16.0. The summed E-state index contributed by atoms with van der Waals surface area (Å²) in [7, 11) is 3.18. The fourth-order valence-electron chi connectivity index (χ4n) is 3.70. The number of hydrogen-bond acceptors (Lipinski definition) is 8. The number of nitrogens with zero attached hydrogens (tertiary/aromatic N) is 5. The Bertz CT molecular complexity index is 562. The van der Waals surface area contributed by atoms with Crippen molar-refractivity contribution in [2.24, 2.45) is 0 Å². The van der Waals surface area contributed by atoms with E-state index in [4.69, 9.17) is 14.2 Å². The fourth-order valence-corrected chi connectivity index (χ4v) is 3.70. The Labute approximate surface area is 156 Å². The molecule has 2 aliphatic heterocycles. The number of aromatic nitrogens is 2. The van der Waals surface area contributed by atoms with Crippen LogP contribution < -0.4 is 14.4 Å². The van der Waals surface area contributed by atoms with E-state index in [-0.39, 0.29) is 5.54 Å². The molecule has 26 heavy (non-hydrogen) atoms. The zero-order chi connectivity index (χ0) is 18.6. The molecule has 8 nitrogen and oxygen atoms in total. The van der Waals surface area contributed by atoms with Crippen LogP contribution in [0.4, 0.5) is 5.82 Å². The van der Waals surface area contributed by atoms with Crippen LogP contribution in [-0.2, 0) is 4.74 Å². The highest BCUT2D eigenvalue weighted by Crippen LogP contribution is 2.23. The molecule has 2 fully saturated rings. The molecule has 0 bridgehead atoms. The van der Waals surface area contributed by atoms with Crippen molar-refractivity contribution in [1.82, 2.24) is 19.8 Å². The van der Waals surface area contributed by atoms with E-state index in [1.807, 2.05) is 6.07 Å². The number of anilines is 1. The molecule has 8 heteroatoms. The zero-order valence-electron chi connectivity index (χ0n) is 16.4. The van der Waals surface area contributed by atoms with E-state index in [1.165, 1.54) is 0 Å². The Balaban J connectivity index is 1.57. The second-order valence-corrected chi connectivity index (χ2v) is 7.43. The molecular weight excluding hydrogens is 334 g/mol. The molecule has 3 heterocycles. The van der Waals surface area contributed by atoms with Gasteiger partial charge in [0.15, 0.2) is 0 Å². The predicted octanol–water partition coefficient (Wildman–Crippen LogP) is 0.727. The SMILES string of the molecule is COc1cc(N2CCN(CC(C)(C)N3CCOCC3)CC2)nc(OC)n1. The molecule has 146 valence electrons. The molecule has 0 N–H and O–H groups in total. The average Bonchev–Trinajstić information content (AvgIpc) is 2.68. The summed E-state index contributed by atoms with van der Waals surface area (Å²) in [5.41, 5.74) is 0.160. The molecule has 0 saturated carbocycles. The monoisotopic (exact) mass is 365 g/mol. The summed E-state index contributed by atoms with van der Waals surface area (Å²) in [5, 5.41) is 0. The lowest BCUT2D eigenvalue weighted by molar-refractivity contribution is -0.0221. The molecule has 0 radical (unpaired) electrons. The topological polar surface area (TPSA) is 63.2 Å². The van der Waals surface area contributed by atoms with Gasteiger partial charge in [-0.2, -0.15) is 9.97 Å². The van der Waals surface area contributed by atoms with Crippen LogP contribution in [0.1, 0.15) is 13.8 Å². The van der Waals surface area contributed by atoms with Crippen molar-refractivity contribution in [3.05, 3.63) is 6.07 Å². The summed E-state index contributed by atoms with van der Waals surface area (Å²) in [6.45, 7) is 13.4. The van der Waals surface area contributed by atoms with Gasteiger partial charge in [-0.1, -0.05) is 0 Å². The number of morpholine rings is 1. The van der Waals surface area contributed by atoms with Crippen LogP contribution in [0, 0.1) is 0 Å². The first-order valence-electron chi connectivity index (χ1n) is 9.29. The van der Waals surface area contributed by atoms with E-state index in [2.05, 4.69) is 38.5 Å². The highest BCUT2D eigenvalue weighted by Gasteiger charge is 2.31. The van der Waals surface area contributed by atoms with E-state index in [0.717, 1.165) is 64.8 Å². The van der Waals surface area contributed by atoms with Crippen molar-refractivity contribution in [2.45, 2.75) is 19.4 Å². The van der Waals surface area contributed by atoms with Gasteiger partial charge >= 0.3 is 6.01 Å². The van der Waals surface area contributed by atoms with Crippen LogP contribution >= 0.6 is 0 Å². The molecule has 0 spiro atoms. The van der Waals surface area contributed by atoms with Crippen molar-refractivity contribution in [3.63, 3.8) is 0 Å². The quantitative estimate of drug-likeness (QED) is 0.731. The third-order valence-corrected chi connectivity index (χ3v) is 5.23. The predicted molar refractivity (Wildman–Crippen MR) is 100 cm³/mol. The van der Waals surface area contributed by atoms with Gasteiger partial charge in [-0.15, -0.1) is 0 Å². The lowest BCUT2D eigenvalue weighted by Crippen LogP contribution is -2.58. The summed E-state index contributed by atoms with van der Waals surface area (Å²) < 4.78 is 15.9. The van der Waals surface area contributed by atoms with Crippen molar-refractivity contribution >= 4 is 5.82 Å². The van der Waals surface area contributed by atoms with Crippen molar-refractivity contribution in [3.8, 4) is 11.9 Å². The van der Waals surface area contributed by atoms with Crippen LogP contribution in [0.25, 0.3) is 0 Å². The average molecular weight is 365 g/mol. The second kappa shape index (κ2) is 8.37. The highest BCUT2D eigenvalue weighted by molar-refractivity contribution is 5.43. The Morgan fingerprint density at radius 2 is 1.69 bits per heavy atom. The van der Waals surface area contributed by atoms with E-state index in [0.29, 0.717) is 11.9 Å². The summed E-state index contributed by atoms with van der Waals surface area (Å²) >= 11 is 0. The van der Waals surface area contributed by atoms with Gasteiger partial charge in [0.05, 0.1) is 27.4 Å². The molecule has 2 saturated heterocycles. The van der Waals surface area contributed by atoms with Crippen LogP contribution in [-0.4, -0.2) is 98.6 Å². The maximum atomic E-state index is 5.49. The molecule has 0 aromatic carbocycles. The van der Waals surface area contributed by atoms with Gasteiger partial charge in [0.25, 0.3) is 0 Å². The highest BCUT2D eigenvalue weighted by atomic mass is 16.5. The van der Waals surface area contributed by atoms with Gasteiger partial charge < -0.3 is 19.1 Å². The minimum atomic E-state index is 0.160. The van der Waals surface area contributed by atoms with Gasteiger partial charge in [0.2, 0.25) is 5.88 Å². The van der Waals surface area contributed by atoms with Gasteiger partial charge in [-0.05, 0) is 13.8 Å². The summed E-state index contributed by atoms with van der Waals surface area (Å²) in [6, 6.07) is 2.21. The number of piperazine rings is 1. The smallest absolute Gasteiger partial charge is 0.321 e. The largest absolute Gasteiger partial charge is 0.481 e. The van der Waals surface area contributed by atoms with Crippen molar-refractivity contribution < 1.29 is 14.2 Å². The minimum absolute atomic E-state index is 0.160. The fraction of sp³-hybridized carbons (Fsp3) is 0.778. The Morgan fingerprint density at radius 1 is 1.00 bits per heavy atom. The first kappa shape index (κ1) is 19.1. The van der Waals surface area contributed by atoms with Crippen LogP contribution in [0.15, 0.2) is 6.07 Å². The van der Waals surface area contributed by atoms with Gasteiger partial charge in [-0.3, -0.25) is 9.80 Å². The Kier molecular flexibility index (Phi) is 6.16. The van der Waals surface area contributed by atoms with Gasteiger partial charge in [-0.25, -0.2) is 0 Å². The van der Waals surface area contributed by atoms with Crippen molar-refractivity contribution in [2.75, 3.05) is 78.1 Å². The molecule has 0 unspecified atom stereocenters. The van der Waals surface area contributed by atoms with Crippen LogP contribution in [0.2, 0.25) is 0 Å². The van der Waals surface area contributed by atoms with Gasteiger partial charge in [0, 0.05) is 57.4 Å². The zero-order valence-corrected chi connectivity index (χ0v) is 16.4. The molecule has 0 aliphatic carbocycles. The first-order valence-corrected chi connectivity index (χ1v) is 9.29. The van der Waals surface area contributed by atoms with E-state index in [1.54, 1.807) is 14.2 Å². The van der Waals surface area contributed by atoms with Gasteiger partial charge in [0.1, 0.15) is 5.82 Å². The third-order valence-electron chi connectivity index (χ3n) is 5.23. The summed E-state index contributed by atoms with van der Waals surface area (Å²) in [6.07, 6.45) is 0. The molecular formula is C18H31N5O3. The minimum Gasteiger partial charge on any atom is -0.481 e. The maximum absolute atomic E-state index is 5.49. The van der Waals surface area contributed by atoms with E-state index < -0.39 is 0 Å². The molecule has 2 aliphatic rings. The van der Waals surface area contributed by atoms with Crippen LogP contribution in [0.3, 0.4) is 0 Å². The molecule has 3 rings (SSSR count). The maximum Gasteiger partial charge on any atom is 0.321 e. The number of hydrogen-bond donors (Lipinski definition) is 0. The third kappa shape index (κ3) is 4.55. The molecule has 0 amide bonds. The molecule has 1 aromatic rings. The van der Waals surface area contributed by atoms with E-state index in [9.17, 15) is 0 Å². The molecule has 0 atom stereocenters.